The number of aryl methyl sites for hydroxylation is 1. The molecule has 0 radical (unpaired) electrons. The Morgan fingerprint density at radius 2 is 2.21 bits per heavy atom. The highest BCUT2D eigenvalue weighted by Gasteiger charge is 1.97. The molecule has 2 nitrogen and oxygen atoms in total. The van der Waals surface area contributed by atoms with Crippen molar-refractivity contribution in [3.8, 4) is 0 Å². The average Bonchev–Trinajstić information content (AvgIpc) is 2.18. The quantitative estimate of drug-likeness (QED) is 0.579. The number of hydrogen-bond acceptors (Lipinski definition) is 3. The van der Waals surface area contributed by atoms with Crippen LogP contribution in [0.1, 0.15) is 12.0 Å². The summed E-state index contributed by atoms with van der Waals surface area (Å²) in [5, 5.41) is 3.40. The predicted octanol–water partition coefficient (Wildman–Crippen LogP) is 2.74. The van der Waals surface area contributed by atoms with Crippen LogP contribution in [0.3, 0.4) is 0 Å². The number of benzene rings is 1. The third kappa shape index (κ3) is 3.50. The summed E-state index contributed by atoms with van der Waals surface area (Å²) >= 11 is 1.88. The third-order valence-electron chi connectivity index (χ3n) is 2.10. The number of nitrogens with one attached hydrogen (secondary N) is 1. The van der Waals surface area contributed by atoms with Gasteiger partial charge in [0, 0.05) is 17.9 Å². The Morgan fingerprint density at radius 3 is 2.93 bits per heavy atom. The van der Waals surface area contributed by atoms with Gasteiger partial charge in [0.25, 0.3) is 0 Å². The van der Waals surface area contributed by atoms with Gasteiger partial charge in [-0.25, -0.2) is 0 Å². The minimum absolute atomic E-state index is 0.822. The van der Waals surface area contributed by atoms with Gasteiger partial charge in [-0.1, -0.05) is 6.07 Å². The lowest BCUT2D eigenvalue weighted by atomic mass is 10.2. The zero-order chi connectivity index (χ0) is 10.4. The molecule has 3 N–H and O–H groups in total. The minimum Gasteiger partial charge on any atom is -0.399 e. The molecule has 0 aliphatic carbocycles. The van der Waals surface area contributed by atoms with Crippen molar-refractivity contribution < 1.29 is 0 Å². The standard InChI is InChI=1S/C11H18N2S/c1-9-4-5-10(12)8-11(9)13-6-3-7-14-2/h4-5,8,13H,3,6-7,12H2,1-2H3. The molecule has 0 spiro atoms. The van der Waals surface area contributed by atoms with E-state index in [1.165, 1.54) is 17.7 Å². The van der Waals surface area contributed by atoms with Crippen molar-refractivity contribution in [2.45, 2.75) is 13.3 Å². The second kappa shape index (κ2) is 5.81. The predicted molar refractivity (Wildman–Crippen MR) is 67.1 cm³/mol. The van der Waals surface area contributed by atoms with Crippen LogP contribution in [0.4, 0.5) is 11.4 Å². The molecule has 0 bridgehead atoms. The average molecular weight is 210 g/mol. The Hall–Kier alpha value is -0.830. The van der Waals surface area contributed by atoms with Gasteiger partial charge in [-0.15, -0.1) is 0 Å². The smallest absolute Gasteiger partial charge is 0.0390 e. The summed E-state index contributed by atoms with van der Waals surface area (Å²) < 4.78 is 0. The van der Waals surface area contributed by atoms with Gasteiger partial charge in [-0.05, 0) is 43.0 Å². The summed E-state index contributed by atoms with van der Waals surface area (Å²) in [6.07, 6.45) is 3.32. The first kappa shape index (κ1) is 11.2. The van der Waals surface area contributed by atoms with E-state index in [0.717, 1.165) is 17.9 Å². The van der Waals surface area contributed by atoms with Crippen molar-refractivity contribution in [1.82, 2.24) is 0 Å². The van der Waals surface area contributed by atoms with Gasteiger partial charge in [-0.3, -0.25) is 0 Å². The summed E-state index contributed by atoms with van der Waals surface area (Å²) in [4.78, 5) is 0. The Bertz CT molecular complexity index is 287. The highest BCUT2D eigenvalue weighted by atomic mass is 32.2. The van der Waals surface area contributed by atoms with Crippen LogP contribution in [-0.4, -0.2) is 18.6 Å². The fraction of sp³-hybridized carbons (Fsp3) is 0.455. The molecular weight excluding hydrogens is 192 g/mol. The van der Waals surface area contributed by atoms with Crippen LogP contribution in [0.25, 0.3) is 0 Å². The molecule has 3 heteroatoms. The van der Waals surface area contributed by atoms with Crippen molar-refractivity contribution in [2.24, 2.45) is 0 Å². The Balaban J connectivity index is 2.45. The van der Waals surface area contributed by atoms with Gasteiger partial charge < -0.3 is 11.1 Å². The number of hydrogen-bond donors (Lipinski definition) is 2. The fourth-order valence-corrected chi connectivity index (χ4v) is 1.70. The highest BCUT2D eigenvalue weighted by Crippen LogP contribution is 2.17. The summed E-state index contributed by atoms with van der Waals surface area (Å²) in [7, 11) is 0. The number of thioether (sulfide) groups is 1. The molecule has 0 aromatic heterocycles. The van der Waals surface area contributed by atoms with Crippen LogP contribution in [0, 0.1) is 6.92 Å². The van der Waals surface area contributed by atoms with Crippen LogP contribution >= 0.6 is 11.8 Å². The van der Waals surface area contributed by atoms with Crippen LogP contribution in [0.5, 0.6) is 0 Å². The van der Waals surface area contributed by atoms with Crippen molar-refractivity contribution in [3.63, 3.8) is 0 Å². The maximum absolute atomic E-state index is 5.71. The van der Waals surface area contributed by atoms with E-state index in [0.29, 0.717) is 0 Å². The lowest BCUT2D eigenvalue weighted by Crippen LogP contribution is -2.04. The van der Waals surface area contributed by atoms with E-state index < -0.39 is 0 Å². The van der Waals surface area contributed by atoms with Gasteiger partial charge in [0.05, 0.1) is 0 Å². The highest BCUT2D eigenvalue weighted by molar-refractivity contribution is 7.98. The van der Waals surface area contributed by atoms with Crippen molar-refractivity contribution in [2.75, 3.05) is 29.6 Å². The van der Waals surface area contributed by atoms with E-state index in [-0.39, 0.29) is 0 Å². The normalized spacial score (nSPS) is 10.1. The number of nitrogen functional groups attached to an aromatic ring is 1. The Morgan fingerprint density at radius 1 is 1.43 bits per heavy atom. The molecule has 0 heterocycles. The van der Waals surface area contributed by atoms with Crippen molar-refractivity contribution in [3.05, 3.63) is 23.8 Å². The molecule has 0 saturated heterocycles. The molecule has 1 rings (SSSR count). The van der Waals surface area contributed by atoms with Gasteiger partial charge in [0.2, 0.25) is 0 Å². The molecule has 14 heavy (non-hydrogen) atoms. The zero-order valence-corrected chi connectivity index (χ0v) is 9.66. The summed E-state index contributed by atoms with van der Waals surface area (Å²) in [5.74, 6) is 1.20. The molecule has 0 unspecified atom stereocenters. The molecule has 0 fully saturated rings. The molecule has 0 atom stereocenters. The number of rotatable bonds is 5. The number of anilines is 2. The van der Waals surface area contributed by atoms with Crippen LogP contribution in [-0.2, 0) is 0 Å². The van der Waals surface area contributed by atoms with E-state index in [9.17, 15) is 0 Å². The molecule has 78 valence electrons. The fourth-order valence-electron chi connectivity index (χ4n) is 1.27. The molecule has 0 amide bonds. The second-order valence-corrected chi connectivity index (χ2v) is 4.33. The lowest BCUT2D eigenvalue weighted by Gasteiger charge is -2.09. The molecular formula is C11H18N2S. The van der Waals surface area contributed by atoms with Crippen LogP contribution in [0.2, 0.25) is 0 Å². The van der Waals surface area contributed by atoms with E-state index in [2.05, 4.69) is 18.5 Å². The molecule has 1 aromatic rings. The van der Waals surface area contributed by atoms with Gasteiger partial charge in [0.1, 0.15) is 0 Å². The first-order valence-corrected chi connectivity index (χ1v) is 6.22. The van der Waals surface area contributed by atoms with Crippen LogP contribution in [0.15, 0.2) is 18.2 Å². The first-order valence-electron chi connectivity index (χ1n) is 4.83. The topological polar surface area (TPSA) is 38.0 Å². The monoisotopic (exact) mass is 210 g/mol. The van der Waals surface area contributed by atoms with Gasteiger partial charge in [-0.2, -0.15) is 11.8 Å². The van der Waals surface area contributed by atoms with Crippen molar-refractivity contribution >= 4 is 23.1 Å². The largest absolute Gasteiger partial charge is 0.399 e. The van der Waals surface area contributed by atoms with Crippen LogP contribution < -0.4 is 11.1 Å². The molecule has 1 aromatic carbocycles. The molecule has 0 aliphatic rings. The lowest BCUT2D eigenvalue weighted by molar-refractivity contribution is 0.991. The van der Waals surface area contributed by atoms with E-state index in [4.69, 9.17) is 5.73 Å². The maximum Gasteiger partial charge on any atom is 0.0390 e. The summed E-state index contributed by atoms with van der Waals surface area (Å²) in [6.45, 7) is 3.11. The van der Waals surface area contributed by atoms with E-state index in [1.807, 2.05) is 30.0 Å². The first-order chi connectivity index (χ1) is 6.74. The number of nitrogens with two attached hydrogens (primary N) is 1. The SMILES string of the molecule is CSCCCNc1cc(N)ccc1C. The zero-order valence-electron chi connectivity index (χ0n) is 8.84. The van der Waals surface area contributed by atoms with E-state index >= 15 is 0 Å². The van der Waals surface area contributed by atoms with Gasteiger partial charge >= 0.3 is 0 Å². The summed E-state index contributed by atoms with van der Waals surface area (Å²) in [6, 6.07) is 5.98. The summed E-state index contributed by atoms with van der Waals surface area (Å²) in [5.41, 5.74) is 8.95. The van der Waals surface area contributed by atoms with Gasteiger partial charge in [0.15, 0.2) is 0 Å². The minimum atomic E-state index is 0.822. The third-order valence-corrected chi connectivity index (χ3v) is 2.80. The van der Waals surface area contributed by atoms with E-state index in [1.54, 1.807) is 0 Å². The Labute approximate surface area is 90.3 Å². The second-order valence-electron chi connectivity index (χ2n) is 3.35. The molecule has 0 saturated carbocycles. The Kier molecular flexibility index (Phi) is 4.66. The van der Waals surface area contributed by atoms with Crippen molar-refractivity contribution in [1.29, 1.82) is 0 Å². The molecule has 0 aliphatic heterocycles. The maximum atomic E-state index is 5.71.